The Morgan fingerprint density at radius 3 is 2.76 bits per heavy atom. The fraction of sp³-hybridized carbons (Fsp3) is 0.381. The number of phenolic OH excluding ortho intramolecular Hbond substituents is 1. The number of nitrogens with zero attached hydrogens (tertiary/aromatic N) is 1. The second-order valence-electron chi connectivity index (χ2n) is 6.68. The van der Waals surface area contributed by atoms with E-state index in [4.69, 9.17) is 4.74 Å². The Kier molecular flexibility index (Phi) is 5.59. The van der Waals surface area contributed by atoms with Gasteiger partial charge in [0.15, 0.2) is 0 Å². The quantitative estimate of drug-likeness (QED) is 0.898. The van der Waals surface area contributed by atoms with Crippen LogP contribution in [0.3, 0.4) is 0 Å². The molecule has 0 radical (unpaired) electrons. The molecule has 0 spiro atoms. The molecule has 0 aromatic heterocycles. The Morgan fingerprint density at radius 2 is 2.00 bits per heavy atom. The van der Waals surface area contributed by atoms with Crippen LogP contribution in [0.5, 0.6) is 11.5 Å². The van der Waals surface area contributed by atoms with Gasteiger partial charge in [0.1, 0.15) is 18.1 Å². The third-order valence-corrected chi connectivity index (χ3v) is 4.75. The van der Waals surface area contributed by atoms with Crippen molar-refractivity contribution < 1.29 is 14.6 Å². The zero-order chi connectivity index (χ0) is 17.6. The Balaban J connectivity index is 1.71. The average Bonchev–Trinajstić information content (AvgIpc) is 2.62. The molecule has 1 unspecified atom stereocenters. The van der Waals surface area contributed by atoms with Crippen LogP contribution >= 0.6 is 0 Å². The fourth-order valence-electron chi connectivity index (χ4n) is 3.31. The maximum Gasteiger partial charge on any atom is 0.227 e. The van der Waals surface area contributed by atoms with E-state index in [-0.39, 0.29) is 24.1 Å². The summed E-state index contributed by atoms with van der Waals surface area (Å²) in [5.41, 5.74) is 1.80. The molecule has 1 amide bonds. The summed E-state index contributed by atoms with van der Waals surface area (Å²) in [6, 6.07) is 15.2. The number of phenols is 1. The van der Waals surface area contributed by atoms with Crippen LogP contribution in [-0.4, -0.2) is 28.5 Å². The van der Waals surface area contributed by atoms with Crippen LogP contribution in [0, 0.1) is 0 Å². The summed E-state index contributed by atoms with van der Waals surface area (Å²) in [7, 11) is 0. The number of piperidine rings is 1. The summed E-state index contributed by atoms with van der Waals surface area (Å²) in [6.07, 6.45) is 3.56. The SMILES string of the molecule is CC1CCCCN1C(=O)Cc1cc(O)ccc1OCc1ccccc1. The van der Waals surface area contributed by atoms with Crippen LogP contribution in [0.15, 0.2) is 48.5 Å². The van der Waals surface area contributed by atoms with Gasteiger partial charge in [-0.3, -0.25) is 4.79 Å². The minimum absolute atomic E-state index is 0.0994. The highest BCUT2D eigenvalue weighted by Crippen LogP contribution is 2.26. The van der Waals surface area contributed by atoms with E-state index in [1.165, 1.54) is 6.42 Å². The van der Waals surface area contributed by atoms with Crippen molar-refractivity contribution in [2.75, 3.05) is 6.54 Å². The highest BCUT2D eigenvalue weighted by atomic mass is 16.5. The van der Waals surface area contributed by atoms with Gasteiger partial charge in [-0.05, 0) is 49.9 Å². The second kappa shape index (κ2) is 8.06. The molecule has 0 saturated carbocycles. The number of benzene rings is 2. The molecule has 1 saturated heterocycles. The van der Waals surface area contributed by atoms with Gasteiger partial charge in [0.25, 0.3) is 0 Å². The minimum atomic E-state index is 0.0994. The van der Waals surface area contributed by atoms with Gasteiger partial charge in [0, 0.05) is 18.2 Å². The minimum Gasteiger partial charge on any atom is -0.508 e. The first-order valence-electron chi connectivity index (χ1n) is 8.91. The first kappa shape index (κ1) is 17.3. The van der Waals surface area contributed by atoms with E-state index in [1.807, 2.05) is 35.2 Å². The molecule has 3 rings (SSSR count). The molecule has 1 aliphatic rings. The van der Waals surface area contributed by atoms with Gasteiger partial charge in [0.05, 0.1) is 6.42 Å². The van der Waals surface area contributed by atoms with Crippen LogP contribution in [0.4, 0.5) is 0 Å². The van der Waals surface area contributed by atoms with Crippen LogP contribution in [-0.2, 0) is 17.8 Å². The van der Waals surface area contributed by atoms with Crippen LogP contribution in [0.1, 0.15) is 37.3 Å². The highest BCUT2D eigenvalue weighted by Gasteiger charge is 2.24. The van der Waals surface area contributed by atoms with Crippen molar-refractivity contribution in [2.24, 2.45) is 0 Å². The van der Waals surface area contributed by atoms with Crippen molar-refractivity contribution in [1.82, 2.24) is 4.90 Å². The third kappa shape index (κ3) is 4.53. The van der Waals surface area contributed by atoms with Gasteiger partial charge in [0.2, 0.25) is 5.91 Å². The number of carbonyl (C=O) groups is 1. The molecule has 0 bridgehead atoms. The standard InChI is InChI=1S/C21H25NO3/c1-16-7-5-6-12-22(16)21(24)14-18-13-19(23)10-11-20(18)25-15-17-8-3-2-4-9-17/h2-4,8-11,13,16,23H,5-7,12,14-15H2,1H3. The van der Waals surface area contributed by atoms with Crippen LogP contribution in [0.25, 0.3) is 0 Å². The molecule has 1 N–H and O–H groups in total. The normalized spacial score (nSPS) is 17.3. The third-order valence-electron chi connectivity index (χ3n) is 4.75. The smallest absolute Gasteiger partial charge is 0.227 e. The molecule has 1 heterocycles. The number of rotatable bonds is 5. The molecule has 132 valence electrons. The summed E-state index contributed by atoms with van der Waals surface area (Å²) in [6.45, 7) is 3.36. The van der Waals surface area contributed by atoms with Crippen molar-refractivity contribution in [3.63, 3.8) is 0 Å². The van der Waals surface area contributed by atoms with E-state index in [0.29, 0.717) is 12.4 Å². The second-order valence-corrected chi connectivity index (χ2v) is 6.68. The summed E-state index contributed by atoms with van der Waals surface area (Å²) >= 11 is 0. The maximum absolute atomic E-state index is 12.7. The number of likely N-dealkylation sites (tertiary alicyclic amines) is 1. The molecule has 1 atom stereocenters. The van der Waals surface area contributed by atoms with Gasteiger partial charge in [-0.1, -0.05) is 30.3 Å². The molecule has 4 nitrogen and oxygen atoms in total. The summed E-state index contributed by atoms with van der Waals surface area (Å²) in [4.78, 5) is 14.7. The molecule has 25 heavy (non-hydrogen) atoms. The molecule has 1 fully saturated rings. The Bertz CT molecular complexity index is 714. The predicted octanol–water partition coefficient (Wildman–Crippen LogP) is 3.91. The van der Waals surface area contributed by atoms with E-state index in [2.05, 4.69) is 6.92 Å². The number of carbonyl (C=O) groups excluding carboxylic acids is 1. The number of ether oxygens (including phenoxy) is 1. The lowest BCUT2D eigenvalue weighted by Crippen LogP contribution is -2.42. The van der Waals surface area contributed by atoms with E-state index in [9.17, 15) is 9.90 Å². The fourth-order valence-corrected chi connectivity index (χ4v) is 3.31. The number of hydrogen-bond acceptors (Lipinski definition) is 3. The highest BCUT2D eigenvalue weighted by molar-refractivity contribution is 5.80. The average molecular weight is 339 g/mol. The Morgan fingerprint density at radius 1 is 1.20 bits per heavy atom. The molecular formula is C21H25NO3. The summed E-state index contributed by atoms with van der Waals surface area (Å²) in [5.74, 6) is 0.906. The molecule has 2 aromatic rings. The number of aromatic hydroxyl groups is 1. The lowest BCUT2D eigenvalue weighted by atomic mass is 10.0. The first-order chi connectivity index (χ1) is 12.1. The van der Waals surface area contributed by atoms with Gasteiger partial charge in [-0.25, -0.2) is 0 Å². The predicted molar refractivity (Wildman–Crippen MR) is 97.6 cm³/mol. The van der Waals surface area contributed by atoms with E-state index < -0.39 is 0 Å². The summed E-state index contributed by atoms with van der Waals surface area (Å²) in [5, 5.41) is 9.82. The molecule has 1 aliphatic heterocycles. The van der Waals surface area contributed by atoms with Gasteiger partial charge < -0.3 is 14.7 Å². The lowest BCUT2D eigenvalue weighted by Gasteiger charge is -2.33. The number of hydrogen-bond donors (Lipinski definition) is 1. The van der Waals surface area contributed by atoms with Gasteiger partial charge in [-0.15, -0.1) is 0 Å². The van der Waals surface area contributed by atoms with E-state index >= 15 is 0 Å². The van der Waals surface area contributed by atoms with Gasteiger partial charge in [-0.2, -0.15) is 0 Å². The maximum atomic E-state index is 12.7. The van der Waals surface area contributed by atoms with Crippen LogP contribution in [0.2, 0.25) is 0 Å². The molecular weight excluding hydrogens is 314 g/mol. The molecule has 4 heteroatoms. The molecule has 2 aromatic carbocycles. The van der Waals surface area contributed by atoms with Crippen molar-refractivity contribution >= 4 is 5.91 Å². The zero-order valence-electron chi connectivity index (χ0n) is 14.6. The van der Waals surface area contributed by atoms with Gasteiger partial charge >= 0.3 is 0 Å². The van der Waals surface area contributed by atoms with E-state index in [1.54, 1.807) is 18.2 Å². The Labute approximate surface area is 149 Å². The van der Waals surface area contributed by atoms with Crippen molar-refractivity contribution in [3.05, 3.63) is 59.7 Å². The number of amides is 1. The van der Waals surface area contributed by atoms with Crippen molar-refractivity contribution in [3.8, 4) is 11.5 Å². The molecule has 0 aliphatic carbocycles. The van der Waals surface area contributed by atoms with Crippen LogP contribution < -0.4 is 4.74 Å². The van der Waals surface area contributed by atoms with E-state index in [0.717, 1.165) is 30.5 Å². The Hall–Kier alpha value is -2.49. The topological polar surface area (TPSA) is 49.8 Å². The largest absolute Gasteiger partial charge is 0.508 e. The zero-order valence-corrected chi connectivity index (χ0v) is 14.6. The lowest BCUT2D eigenvalue weighted by molar-refractivity contribution is -0.133. The van der Waals surface area contributed by atoms with Crippen molar-refractivity contribution in [2.45, 2.75) is 45.3 Å². The first-order valence-corrected chi connectivity index (χ1v) is 8.91. The summed E-state index contributed by atoms with van der Waals surface area (Å²) < 4.78 is 5.91. The monoisotopic (exact) mass is 339 g/mol. The van der Waals surface area contributed by atoms with Crippen molar-refractivity contribution in [1.29, 1.82) is 0 Å².